The third-order valence-corrected chi connectivity index (χ3v) is 6.14. The van der Waals surface area contributed by atoms with Crippen molar-refractivity contribution in [3.8, 4) is 0 Å². The highest BCUT2D eigenvalue weighted by Crippen LogP contribution is 2.42. The van der Waals surface area contributed by atoms with E-state index in [1.807, 2.05) is 0 Å². The highest BCUT2D eigenvalue weighted by atomic mass is 32.2. The Morgan fingerprint density at radius 3 is 1.95 bits per heavy atom. The van der Waals surface area contributed by atoms with Crippen molar-refractivity contribution in [2.45, 2.75) is 95.3 Å². The zero-order valence-electron chi connectivity index (χ0n) is 13.5. The first kappa shape index (κ1) is 17.4. The van der Waals surface area contributed by atoms with Gasteiger partial charge in [0.1, 0.15) is 0 Å². The van der Waals surface area contributed by atoms with Crippen LogP contribution in [0.25, 0.3) is 0 Å². The molecule has 0 heterocycles. The summed E-state index contributed by atoms with van der Waals surface area (Å²) < 4.78 is 0.591. The van der Waals surface area contributed by atoms with Gasteiger partial charge in [-0.05, 0) is 31.9 Å². The van der Waals surface area contributed by atoms with Gasteiger partial charge in [0.15, 0.2) is 0 Å². The smallest absolute Gasteiger partial charge is 0.0281 e. The Kier molecular flexibility index (Phi) is 9.23. The monoisotopic (exact) mass is 285 g/mol. The van der Waals surface area contributed by atoms with E-state index in [1.165, 1.54) is 77.2 Å². The normalized spacial score (nSPS) is 17.7. The van der Waals surface area contributed by atoms with Crippen LogP contribution in [0.3, 0.4) is 0 Å². The van der Waals surface area contributed by atoms with Gasteiger partial charge >= 0.3 is 0 Å². The topological polar surface area (TPSA) is 12.0 Å². The Morgan fingerprint density at radius 2 is 1.58 bits per heavy atom. The minimum atomic E-state index is 0.591. The molecule has 1 N–H and O–H groups in total. The summed E-state index contributed by atoms with van der Waals surface area (Å²) >= 11 is 2.10. The van der Waals surface area contributed by atoms with Crippen molar-refractivity contribution in [2.24, 2.45) is 0 Å². The summed E-state index contributed by atoms with van der Waals surface area (Å²) in [5, 5.41) is 3.91. The van der Waals surface area contributed by atoms with E-state index < -0.39 is 0 Å². The number of hydrogen-bond acceptors (Lipinski definition) is 2. The minimum absolute atomic E-state index is 0.591. The summed E-state index contributed by atoms with van der Waals surface area (Å²) in [5.74, 6) is 0. The maximum atomic E-state index is 3.91. The van der Waals surface area contributed by atoms with E-state index in [0.29, 0.717) is 4.75 Å². The van der Waals surface area contributed by atoms with Crippen LogP contribution in [0.2, 0.25) is 0 Å². The molecule has 0 aromatic carbocycles. The Morgan fingerprint density at radius 1 is 1.00 bits per heavy atom. The van der Waals surface area contributed by atoms with Crippen LogP contribution in [0.15, 0.2) is 0 Å². The molecule has 0 aromatic heterocycles. The summed E-state index contributed by atoms with van der Waals surface area (Å²) in [6.07, 6.45) is 17.7. The Labute approximate surface area is 125 Å². The van der Waals surface area contributed by atoms with Gasteiger partial charge in [0, 0.05) is 17.3 Å². The third kappa shape index (κ3) is 6.53. The fourth-order valence-electron chi connectivity index (χ4n) is 2.98. The maximum absolute atomic E-state index is 3.91. The largest absolute Gasteiger partial charge is 0.313 e. The zero-order valence-corrected chi connectivity index (χ0v) is 14.3. The molecule has 1 rings (SSSR count). The van der Waals surface area contributed by atoms with Crippen molar-refractivity contribution in [3.05, 3.63) is 0 Å². The lowest BCUT2D eigenvalue weighted by Crippen LogP contribution is -2.46. The minimum Gasteiger partial charge on any atom is -0.313 e. The van der Waals surface area contributed by atoms with Gasteiger partial charge in [-0.1, -0.05) is 58.8 Å². The lowest BCUT2D eigenvalue weighted by molar-refractivity contribution is 0.314. The molecule has 1 nitrogen and oxygen atoms in total. The highest BCUT2D eigenvalue weighted by molar-refractivity contribution is 8.00. The summed E-state index contributed by atoms with van der Waals surface area (Å²) in [6.45, 7) is 5.85. The van der Waals surface area contributed by atoms with Gasteiger partial charge in [0.05, 0.1) is 0 Å². The summed E-state index contributed by atoms with van der Waals surface area (Å²) in [6, 6.07) is 0.780. The average Bonchev–Trinajstić information content (AvgIpc) is 2.38. The third-order valence-electron chi connectivity index (χ3n) is 4.72. The number of thioether (sulfide) groups is 1. The zero-order chi connectivity index (χ0) is 14.0. The summed E-state index contributed by atoms with van der Waals surface area (Å²) in [7, 11) is 0. The standard InChI is InChI=1S/C17H35NS/c1-4-6-8-11-16(12-9-7-5-2)18-15-17(19-3)13-10-14-17/h16,18H,4-15H2,1-3H3. The first-order valence-corrected chi connectivity index (χ1v) is 9.77. The number of rotatable bonds is 12. The van der Waals surface area contributed by atoms with Crippen molar-refractivity contribution in [1.29, 1.82) is 0 Å². The van der Waals surface area contributed by atoms with Gasteiger partial charge < -0.3 is 5.32 Å². The number of hydrogen-bond donors (Lipinski definition) is 1. The quantitative estimate of drug-likeness (QED) is 0.482. The number of unbranched alkanes of at least 4 members (excludes halogenated alkanes) is 4. The van der Waals surface area contributed by atoms with Crippen LogP contribution in [0.4, 0.5) is 0 Å². The van der Waals surface area contributed by atoms with Gasteiger partial charge in [-0.25, -0.2) is 0 Å². The van der Waals surface area contributed by atoms with Gasteiger partial charge in [0.25, 0.3) is 0 Å². The van der Waals surface area contributed by atoms with Crippen LogP contribution in [0.1, 0.15) is 84.5 Å². The summed E-state index contributed by atoms with van der Waals surface area (Å²) in [4.78, 5) is 0. The van der Waals surface area contributed by atoms with Gasteiger partial charge in [-0.15, -0.1) is 0 Å². The molecule has 1 fully saturated rings. The second kappa shape index (κ2) is 10.1. The highest BCUT2D eigenvalue weighted by Gasteiger charge is 2.36. The second-order valence-electron chi connectivity index (χ2n) is 6.31. The molecule has 0 bridgehead atoms. The molecule has 2 heteroatoms. The van der Waals surface area contributed by atoms with E-state index in [0.717, 1.165) is 6.04 Å². The molecule has 0 amide bonds. The molecule has 0 unspecified atom stereocenters. The first-order chi connectivity index (χ1) is 9.26. The number of nitrogens with one attached hydrogen (secondary N) is 1. The molecule has 1 saturated carbocycles. The predicted octanol–water partition coefficient (Wildman–Crippen LogP) is 5.39. The Hall–Kier alpha value is 0.310. The molecule has 0 spiro atoms. The van der Waals surface area contributed by atoms with Crippen LogP contribution >= 0.6 is 11.8 Å². The van der Waals surface area contributed by atoms with Crippen LogP contribution in [0, 0.1) is 0 Å². The van der Waals surface area contributed by atoms with Crippen molar-refractivity contribution in [1.82, 2.24) is 5.32 Å². The van der Waals surface area contributed by atoms with E-state index in [-0.39, 0.29) is 0 Å². The molecule has 19 heavy (non-hydrogen) atoms. The van der Waals surface area contributed by atoms with Crippen molar-refractivity contribution in [2.75, 3.05) is 12.8 Å². The van der Waals surface area contributed by atoms with Crippen LogP contribution in [-0.4, -0.2) is 23.6 Å². The van der Waals surface area contributed by atoms with Gasteiger partial charge in [-0.3, -0.25) is 0 Å². The molecule has 0 aromatic rings. The van der Waals surface area contributed by atoms with E-state index in [4.69, 9.17) is 0 Å². The van der Waals surface area contributed by atoms with Crippen LogP contribution in [-0.2, 0) is 0 Å². The van der Waals surface area contributed by atoms with Crippen molar-refractivity contribution >= 4 is 11.8 Å². The average molecular weight is 286 g/mol. The van der Waals surface area contributed by atoms with Gasteiger partial charge in [0.2, 0.25) is 0 Å². The van der Waals surface area contributed by atoms with E-state index in [2.05, 4.69) is 37.2 Å². The van der Waals surface area contributed by atoms with E-state index >= 15 is 0 Å². The molecular weight excluding hydrogens is 250 g/mol. The SMILES string of the molecule is CCCCCC(CCCCC)NCC1(SC)CCC1. The van der Waals surface area contributed by atoms with Crippen LogP contribution < -0.4 is 5.32 Å². The molecule has 0 atom stereocenters. The lowest BCUT2D eigenvalue weighted by atomic mass is 9.84. The molecule has 0 aliphatic heterocycles. The lowest BCUT2D eigenvalue weighted by Gasteiger charge is -2.41. The van der Waals surface area contributed by atoms with Crippen molar-refractivity contribution in [3.63, 3.8) is 0 Å². The molecule has 1 aliphatic carbocycles. The Balaban J connectivity index is 2.25. The maximum Gasteiger partial charge on any atom is 0.0281 e. The fourth-order valence-corrected chi connectivity index (χ4v) is 3.91. The summed E-state index contributed by atoms with van der Waals surface area (Å²) in [5.41, 5.74) is 0. The Bertz CT molecular complexity index is 198. The fraction of sp³-hybridized carbons (Fsp3) is 1.00. The molecule has 114 valence electrons. The predicted molar refractivity (Wildman–Crippen MR) is 90.2 cm³/mol. The second-order valence-corrected chi connectivity index (χ2v) is 7.58. The molecule has 1 aliphatic rings. The molecule has 0 radical (unpaired) electrons. The van der Waals surface area contributed by atoms with E-state index in [1.54, 1.807) is 0 Å². The van der Waals surface area contributed by atoms with Crippen molar-refractivity contribution < 1.29 is 0 Å². The molecule has 0 saturated heterocycles. The van der Waals surface area contributed by atoms with Gasteiger partial charge in [-0.2, -0.15) is 11.8 Å². The van der Waals surface area contributed by atoms with E-state index in [9.17, 15) is 0 Å². The van der Waals surface area contributed by atoms with Crippen LogP contribution in [0.5, 0.6) is 0 Å². The molecular formula is C17H35NS. The first-order valence-electron chi connectivity index (χ1n) is 8.55.